The van der Waals surface area contributed by atoms with Crippen molar-refractivity contribution in [3.8, 4) is 0 Å². The standard InChI is InChI=1S/C16H20O3/c1-8(17)7-14(19)16-11(4)9(2)15(13(6)18)10(3)12(16)5/h7H2,1-6H3. The first-order chi connectivity index (χ1) is 8.68. The third-order valence-electron chi connectivity index (χ3n) is 3.67. The van der Waals surface area contributed by atoms with Gasteiger partial charge < -0.3 is 0 Å². The zero-order chi connectivity index (χ0) is 14.9. The molecule has 3 nitrogen and oxygen atoms in total. The summed E-state index contributed by atoms with van der Waals surface area (Å²) >= 11 is 0. The maximum Gasteiger partial charge on any atom is 0.170 e. The summed E-state index contributed by atoms with van der Waals surface area (Å²) in [5.41, 5.74) is 4.56. The highest BCUT2D eigenvalue weighted by Gasteiger charge is 2.21. The van der Waals surface area contributed by atoms with Crippen molar-refractivity contribution < 1.29 is 14.4 Å². The van der Waals surface area contributed by atoms with Crippen LogP contribution in [-0.4, -0.2) is 17.3 Å². The van der Waals surface area contributed by atoms with E-state index in [2.05, 4.69) is 0 Å². The first kappa shape index (κ1) is 15.3. The molecule has 0 amide bonds. The Balaban J connectivity index is 3.57. The SMILES string of the molecule is CC(=O)CC(=O)c1c(C)c(C)c(C(C)=O)c(C)c1C. The molecular weight excluding hydrogens is 240 g/mol. The molecule has 0 aliphatic heterocycles. The van der Waals surface area contributed by atoms with Crippen molar-refractivity contribution in [2.45, 2.75) is 48.0 Å². The molecule has 0 saturated carbocycles. The highest BCUT2D eigenvalue weighted by molar-refractivity contribution is 6.10. The Morgan fingerprint density at radius 3 is 1.42 bits per heavy atom. The second kappa shape index (κ2) is 5.47. The smallest absolute Gasteiger partial charge is 0.170 e. The van der Waals surface area contributed by atoms with E-state index in [1.807, 2.05) is 27.7 Å². The number of rotatable bonds is 4. The van der Waals surface area contributed by atoms with Crippen molar-refractivity contribution in [3.63, 3.8) is 0 Å². The van der Waals surface area contributed by atoms with Gasteiger partial charge >= 0.3 is 0 Å². The molecule has 102 valence electrons. The zero-order valence-corrected chi connectivity index (χ0v) is 12.4. The molecule has 0 N–H and O–H groups in total. The molecule has 0 aliphatic rings. The van der Waals surface area contributed by atoms with Crippen molar-refractivity contribution in [2.75, 3.05) is 0 Å². The topological polar surface area (TPSA) is 51.2 Å². The molecule has 0 aromatic heterocycles. The Bertz CT molecular complexity index is 551. The second-order valence-electron chi connectivity index (χ2n) is 5.11. The van der Waals surface area contributed by atoms with E-state index in [0.717, 1.165) is 22.3 Å². The van der Waals surface area contributed by atoms with Gasteiger partial charge in [0.15, 0.2) is 11.6 Å². The molecule has 0 atom stereocenters. The fourth-order valence-electron chi connectivity index (χ4n) is 2.57. The van der Waals surface area contributed by atoms with Gasteiger partial charge in [-0.1, -0.05) is 0 Å². The zero-order valence-electron chi connectivity index (χ0n) is 12.4. The van der Waals surface area contributed by atoms with E-state index in [1.54, 1.807) is 0 Å². The predicted molar refractivity (Wildman–Crippen MR) is 75.0 cm³/mol. The number of hydrogen-bond acceptors (Lipinski definition) is 3. The summed E-state index contributed by atoms with van der Waals surface area (Å²) in [6, 6.07) is 0. The molecule has 0 bridgehead atoms. The fraction of sp³-hybridized carbons (Fsp3) is 0.438. The van der Waals surface area contributed by atoms with Crippen LogP contribution < -0.4 is 0 Å². The largest absolute Gasteiger partial charge is 0.300 e. The highest BCUT2D eigenvalue weighted by Crippen LogP contribution is 2.28. The normalized spacial score (nSPS) is 10.4. The summed E-state index contributed by atoms with van der Waals surface area (Å²) in [7, 11) is 0. The van der Waals surface area contributed by atoms with Crippen LogP contribution in [0.1, 0.15) is 63.2 Å². The molecule has 0 unspecified atom stereocenters. The fourth-order valence-corrected chi connectivity index (χ4v) is 2.57. The average molecular weight is 260 g/mol. The van der Waals surface area contributed by atoms with Gasteiger partial charge in [0, 0.05) is 11.1 Å². The Morgan fingerprint density at radius 2 is 1.11 bits per heavy atom. The number of ketones is 3. The lowest BCUT2D eigenvalue weighted by Gasteiger charge is -2.18. The Hall–Kier alpha value is -1.77. The van der Waals surface area contributed by atoms with Gasteiger partial charge in [-0.2, -0.15) is 0 Å². The van der Waals surface area contributed by atoms with E-state index in [1.165, 1.54) is 13.8 Å². The second-order valence-corrected chi connectivity index (χ2v) is 5.11. The molecular formula is C16H20O3. The molecule has 3 heteroatoms. The van der Waals surface area contributed by atoms with Crippen molar-refractivity contribution in [3.05, 3.63) is 33.4 Å². The molecule has 0 aliphatic carbocycles. The minimum absolute atomic E-state index is 0.00627. The van der Waals surface area contributed by atoms with Gasteiger partial charge in [-0.15, -0.1) is 0 Å². The van der Waals surface area contributed by atoms with Crippen LogP contribution in [0.5, 0.6) is 0 Å². The monoisotopic (exact) mass is 260 g/mol. The quantitative estimate of drug-likeness (QED) is 0.616. The summed E-state index contributed by atoms with van der Waals surface area (Å²) in [5, 5.41) is 0. The maximum absolute atomic E-state index is 12.2. The average Bonchev–Trinajstić information content (AvgIpc) is 2.25. The highest BCUT2D eigenvalue weighted by atomic mass is 16.1. The summed E-state index contributed by atoms with van der Waals surface area (Å²) in [6.07, 6.45) is -0.0834. The summed E-state index contributed by atoms with van der Waals surface area (Å²) in [4.78, 5) is 35.0. The summed E-state index contributed by atoms with van der Waals surface area (Å²) in [5.74, 6) is -0.301. The maximum atomic E-state index is 12.2. The lowest BCUT2D eigenvalue weighted by molar-refractivity contribution is -0.116. The van der Waals surface area contributed by atoms with E-state index in [0.29, 0.717) is 11.1 Å². The molecule has 1 rings (SSSR count). The van der Waals surface area contributed by atoms with Crippen molar-refractivity contribution in [1.82, 2.24) is 0 Å². The minimum Gasteiger partial charge on any atom is -0.300 e. The van der Waals surface area contributed by atoms with Gasteiger partial charge in [0.05, 0.1) is 6.42 Å². The lowest BCUT2D eigenvalue weighted by Crippen LogP contribution is -2.14. The molecule has 0 spiro atoms. The van der Waals surface area contributed by atoms with E-state index in [-0.39, 0.29) is 23.8 Å². The minimum atomic E-state index is -0.163. The third-order valence-corrected chi connectivity index (χ3v) is 3.67. The summed E-state index contributed by atoms with van der Waals surface area (Å²) < 4.78 is 0. The van der Waals surface area contributed by atoms with Gasteiger partial charge in [0.1, 0.15) is 5.78 Å². The van der Waals surface area contributed by atoms with Crippen molar-refractivity contribution >= 4 is 17.3 Å². The molecule has 0 radical (unpaired) electrons. The number of hydrogen-bond donors (Lipinski definition) is 0. The third kappa shape index (κ3) is 2.80. The van der Waals surface area contributed by atoms with E-state index in [9.17, 15) is 14.4 Å². The van der Waals surface area contributed by atoms with Crippen LogP contribution in [0.15, 0.2) is 0 Å². The molecule has 0 heterocycles. The number of carbonyl (C=O) groups is 3. The Labute approximate surface area is 114 Å². The van der Waals surface area contributed by atoms with E-state index < -0.39 is 0 Å². The molecule has 1 aromatic carbocycles. The van der Waals surface area contributed by atoms with Crippen LogP contribution in [0.25, 0.3) is 0 Å². The molecule has 0 saturated heterocycles. The van der Waals surface area contributed by atoms with Crippen molar-refractivity contribution in [2.24, 2.45) is 0 Å². The van der Waals surface area contributed by atoms with Gasteiger partial charge in [-0.05, 0) is 63.8 Å². The van der Waals surface area contributed by atoms with Crippen molar-refractivity contribution in [1.29, 1.82) is 0 Å². The van der Waals surface area contributed by atoms with Gasteiger partial charge in [-0.25, -0.2) is 0 Å². The summed E-state index contributed by atoms with van der Waals surface area (Å²) in [6.45, 7) is 10.3. The van der Waals surface area contributed by atoms with Crippen LogP contribution in [0.4, 0.5) is 0 Å². The van der Waals surface area contributed by atoms with Crippen LogP contribution in [0.3, 0.4) is 0 Å². The number of benzene rings is 1. The number of carbonyl (C=O) groups excluding carboxylic acids is 3. The van der Waals surface area contributed by atoms with Gasteiger partial charge in [0.25, 0.3) is 0 Å². The van der Waals surface area contributed by atoms with E-state index in [4.69, 9.17) is 0 Å². The first-order valence-electron chi connectivity index (χ1n) is 6.32. The lowest BCUT2D eigenvalue weighted by atomic mass is 9.85. The van der Waals surface area contributed by atoms with Crippen LogP contribution >= 0.6 is 0 Å². The van der Waals surface area contributed by atoms with Gasteiger partial charge in [-0.3, -0.25) is 14.4 Å². The predicted octanol–water partition coefficient (Wildman–Crippen LogP) is 3.28. The first-order valence-corrected chi connectivity index (χ1v) is 6.32. The number of Topliss-reactive ketones (excluding diaryl/α,β-unsaturated/α-hetero) is 3. The van der Waals surface area contributed by atoms with Crippen LogP contribution in [0, 0.1) is 27.7 Å². The van der Waals surface area contributed by atoms with Crippen LogP contribution in [-0.2, 0) is 4.79 Å². The molecule has 0 fully saturated rings. The van der Waals surface area contributed by atoms with E-state index >= 15 is 0 Å². The van der Waals surface area contributed by atoms with Crippen LogP contribution in [0.2, 0.25) is 0 Å². The molecule has 1 aromatic rings. The Morgan fingerprint density at radius 1 is 0.737 bits per heavy atom. The Kier molecular flexibility index (Phi) is 4.40. The van der Waals surface area contributed by atoms with Gasteiger partial charge in [0.2, 0.25) is 0 Å². The molecule has 19 heavy (non-hydrogen) atoms.